The first-order valence-corrected chi connectivity index (χ1v) is 7.67. The van der Waals surface area contributed by atoms with Gasteiger partial charge < -0.3 is 16.3 Å². The van der Waals surface area contributed by atoms with Crippen molar-refractivity contribution in [2.24, 2.45) is 5.73 Å². The van der Waals surface area contributed by atoms with Crippen LogP contribution in [0.5, 0.6) is 0 Å². The zero-order valence-corrected chi connectivity index (χ0v) is 13.4. The van der Waals surface area contributed by atoms with E-state index in [-0.39, 0.29) is 11.1 Å². The maximum absolute atomic E-state index is 10.2. The summed E-state index contributed by atoms with van der Waals surface area (Å²) >= 11 is 0. The first kappa shape index (κ1) is 16.9. The third kappa shape index (κ3) is 4.71. The molecule has 1 aliphatic rings. The van der Waals surface area contributed by atoms with Crippen molar-refractivity contribution in [2.45, 2.75) is 89.9 Å². The van der Waals surface area contributed by atoms with Gasteiger partial charge in [-0.05, 0) is 66.3 Å². The van der Waals surface area contributed by atoms with Crippen molar-refractivity contribution in [3.8, 4) is 0 Å². The second-order valence-corrected chi connectivity index (χ2v) is 7.31. The van der Waals surface area contributed by atoms with Gasteiger partial charge >= 0.3 is 0 Å². The van der Waals surface area contributed by atoms with Gasteiger partial charge in [0.05, 0.1) is 0 Å². The Morgan fingerprint density at radius 2 is 1.79 bits per heavy atom. The summed E-state index contributed by atoms with van der Waals surface area (Å²) in [7, 11) is 0. The molecular formula is C15H33N3O. The highest BCUT2D eigenvalue weighted by atomic mass is 16.5. The lowest BCUT2D eigenvalue weighted by Gasteiger charge is -2.51. The van der Waals surface area contributed by atoms with Crippen molar-refractivity contribution in [2.75, 3.05) is 6.54 Å². The number of nitrogens with one attached hydrogen (secondary N) is 1. The summed E-state index contributed by atoms with van der Waals surface area (Å²) in [6.07, 6.45) is 5.24. The van der Waals surface area contributed by atoms with Gasteiger partial charge in [0.1, 0.15) is 0 Å². The molecule has 4 N–H and O–H groups in total. The van der Waals surface area contributed by atoms with Crippen LogP contribution >= 0.6 is 0 Å². The molecule has 1 fully saturated rings. The standard InChI is InChI=1S/C15H33N3O/c1-6-12(16)8-7-9-17-13-10-14(2,3)18(19)15(4,5)11-13/h12-13,17,19H,6-11,16H2,1-5H3. The molecule has 1 unspecified atom stereocenters. The molecule has 114 valence electrons. The molecule has 1 heterocycles. The molecular weight excluding hydrogens is 238 g/mol. The monoisotopic (exact) mass is 271 g/mol. The first-order valence-electron chi connectivity index (χ1n) is 7.67. The molecule has 1 rings (SSSR count). The summed E-state index contributed by atoms with van der Waals surface area (Å²) in [6.45, 7) is 11.6. The molecule has 0 radical (unpaired) electrons. The zero-order valence-electron chi connectivity index (χ0n) is 13.4. The van der Waals surface area contributed by atoms with E-state index in [2.05, 4.69) is 39.9 Å². The molecule has 4 nitrogen and oxygen atoms in total. The number of nitrogens with two attached hydrogens (primary N) is 1. The average molecular weight is 271 g/mol. The summed E-state index contributed by atoms with van der Waals surface area (Å²) in [5.41, 5.74) is 5.59. The molecule has 1 aliphatic heterocycles. The minimum Gasteiger partial charge on any atom is -0.328 e. The van der Waals surface area contributed by atoms with Crippen molar-refractivity contribution in [3.05, 3.63) is 0 Å². The summed E-state index contributed by atoms with van der Waals surface area (Å²) in [5, 5.41) is 15.4. The van der Waals surface area contributed by atoms with Crippen molar-refractivity contribution in [1.29, 1.82) is 0 Å². The summed E-state index contributed by atoms with van der Waals surface area (Å²) in [6, 6.07) is 0.820. The van der Waals surface area contributed by atoms with E-state index in [9.17, 15) is 5.21 Å². The normalized spacial score (nSPS) is 25.4. The molecule has 1 atom stereocenters. The van der Waals surface area contributed by atoms with Crippen LogP contribution in [0.3, 0.4) is 0 Å². The van der Waals surface area contributed by atoms with E-state index in [4.69, 9.17) is 5.73 Å². The lowest BCUT2D eigenvalue weighted by atomic mass is 9.79. The molecule has 0 aliphatic carbocycles. The molecule has 0 saturated carbocycles. The zero-order chi connectivity index (χ0) is 14.7. The van der Waals surface area contributed by atoms with Crippen LogP contribution in [-0.2, 0) is 0 Å². The van der Waals surface area contributed by atoms with Crippen LogP contribution in [-0.4, -0.2) is 40.0 Å². The molecule has 1 saturated heterocycles. The largest absolute Gasteiger partial charge is 0.328 e. The van der Waals surface area contributed by atoms with Crippen LogP contribution in [0.2, 0.25) is 0 Å². The molecule has 19 heavy (non-hydrogen) atoms. The molecule has 0 spiro atoms. The predicted molar refractivity (Wildman–Crippen MR) is 80.3 cm³/mol. The summed E-state index contributed by atoms with van der Waals surface area (Å²) in [5.74, 6) is 0. The molecule has 0 bridgehead atoms. The maximum Gasteiger partial charge on any atom is 0.0425 e. The van der Waals surface area contributed by atoms with E-state index in [0.717, 1.165) is 38.6 Å². The number of nitrogens with zero attached hydrogens (tertiary/aromatic N) is 1. The second kappa shape index (κ2) is 6.53. The fraction of sp³-hybridized carbons (Fsp3) is 1.00. The van der Waals surface area contributed by atoms with Crippen LogP contribution in [0.25, 0.3) is 0 Å². The predicted octanol–water partition coefficient (Wildman–Crippen LogP) is 2.50. The van der Waals surface area contributed by atoms with E-state index in [1.54, 1.807) is 0 Å². The van der Waals surface area contributed by atoms with Gasteiger partial charge in [-0.2, -0.15) is 5.06 Å². The summed E-state index contributed by atoms with van der Waals surface area (Å²) < 4.78 is 0. The van der Waals surface area contributed by atoms with E-state index >= 15 is 0 Å². The van der Waals surface area contributed by atoms with Gasteiger partial charge in [-0.25, -0.2) is 0 Å². The van der Waals surface area contributed by atoms with E-state index in [0.29, 0.717) is 12.1 Å². The fourth-order valence-electron chi connectivity index (χ4n) is 3.29. The van der Waals surface area contributed by atoms with Gasteiger partial charge in [0.15, 0.2) is 0 Å². The Morgan fingerprint density at radius 1 is 1.26 bits per heavy atom. The molecule has 0 aromatic heterocycles. The van der Waals surface area contributed by atoms with Gasteiger partial charge in [-0.1, -0.05) is 6.92 Å². The number of piperidine rings is 1. The first-order chi connectivity index (χ1) is 8.69. The molecule has 0 aromatic rings. The van der Waals surface area contributed by atoms with Gasteiger partial charge in [0.25, 0.3) is 0 Å². The Labute approximate surface area is 118 Å². The SMILES string of the molecule is CCC(N)CCCNC1CC(C)(C)N(O)C(C)(C)C1. The Morgan fingerprint density at radius 3 is 2.26 bits per heavy atom. The third-order valence-electron chi connectivity index (χ3n) is 4.35. The second-order valence-electron chi connectivity index (χ2n) is 7.31. The highest BCUT2D eigenvalue weighted by Crippen LogP contribution is 2.36. The molecule has 0 amide bonds. The van der Waals surface area contributed by atoms with Crippen LogP contribution < -0.4 is 11.1 Å². The minimum absolute atomic E-state index is 0.167. The maximum atomic E-state index is 10.2. The van der Waals surface area contributed by atoms with Crippen LogP contribution in [0, 0.1) is 0 Å². The molecule has 4 heteroatoms. The number of hydroxylamine groups is 2. The Hall–Kier alpha value is -0.160. The Kier molecular flexibility index (Phi) is 5.80. The van der Waals surface area contributed by atoms with E-state index in [1.807, 2.05) is 0 Å². The van der Waals surface area contributed by atoms with Crippen molar-refractivity contribution in [1.82, 2.24) is 10.4 Å². The van der Waals surface area contributed by atoms with E-state index in [1.165, 1.54) is 5.06 Å². The quantitative estimate of drug-likeness (QED) is 0.650. The van der Waals surface area contributed by atoms with Crippen LogP contribution in [0.1, 0.15) is 66.7 Å². The van der Waals surface area contributed by atoms with Crippen molar-refractivity contribution < 1.29 is 5.21 Å². The lowest BCUT2D eigenvalue weighted by Crippen LogP contribution is -2.62. The smallest absolute Gasteiger partial charge is 0.0425 e. The highest BCUT2D eigenvalue weighted by Gasteiger charge is 2.44. The van der Waals surface area contributed by atoms with Gasteiger partial charge in [0.2, 0.25) is 0 Å². The Balaban J connectivity index is 2.39. The van der Waals surface area contributed by atoms with Gasteiger partial charge in [-0.15, -0.1) is 0 Å². The average Bonchev–Trinajstić information content (AvgIpc) is 2.30. The Bertz CT molecular complexity index is 261. The van der Waals surface area contributed by atoms with Crippen molar-refractivity contribution in [3.63, 3.8) is 0 Å². The highest BCUT2D eigenvalue weighted by molar-refractivity contribution is 4.98. The van der Waals surface area contributed by atoms with E-state index < -0.39 is 0 Å². The van der Waals surface area contributed by atoms with Crippen LogP contribution in [0.4, 0.5) is 0 Å². The minimum atomic E-state index is -0.167. The lowest BCUT2D eigenvalue weighted by molar-refractivity contribution is -0.246. The number of hydrogen-bond donors (Lipinski definition) is 3. The third-order valence-corrected chi connectivity index (χ3v) is 4.35. The van der Waals surface area contributed by atoms with Crippen LogP contribution in [0.15, 0.2) is 0 Å². The topological polar surface area (TPSA) is 61.5 Å². The fourth-order valence-corrected chi connectivity index (χ4v) is 3.29. The van der Waals surface area contributed by atoms with Gasteiger partial charge in [-0.3, -0.25) is 0 Å². The molecule has 0 aromatic carbocycles. The number of hydrogen-bond acceptors (Lipinski definition) is 4. The van der Waals surface area contributed by atoms with Crippen molar-refractivity contribution >= 4 is 0 Å². The number of rotatable bonds is 6. The van der Waals surface area contributed by atoms with Gasteiger partial charge in [0, 0.05) is 23.2 Å². The summed E-state index contributed by atoms with van der Waals surface area (Å²) in [4.78, 5) is 0.